The lowest BCUT2D eigenvalue weighted by molar-refractivity contribution is -0.148. The van der Waals surface area contributed by atoms with Gasteiger partial charge in [0.05, 0.1) is 6.10 Å². The van der Waals surface area contributed by atoms with Gasteiger partial charge in [0, 0.05) is 38.5 Å². The predicted molar refractivity (Wildman–Crippen MR) is 82.7 cm³/mol. The number of hydrogen-bond acceptors (Lipinski definition) is 4. The SMILES string of the molecule is COC1CC(C(=O)O)N(C(=O)CC(C)NC(=O)C2CCCC2)C1. The van der Waals surface area contributed by atoms with Gasteiger partial charge in [-0.2, -0.15) is 0 Å². The second-order valence-corrected chi connectivity index (χ2v) is 6.59. The molecule has 0 aromatic heterocycles. The topological polar surface area (TPSA) is 95.9 Å². The van der Waals surface area contributed by atoms with Crippen molar-refractivity contribution in [3.05, 3.63) is 0 Å². The van der Waals surface area contributed by atoms with Crippen molar-refractivity contribution in [2.75, 3.05) is 13.7 Å². The molecular weight excluding hydrogens is 300 g/mol. The van der Waals surface area contributed by atoms with Crippen LogP contribution in [0.25, 0.3) is 0 Å². The maximum Gasteiger partial charge on any atom is 0.326 e. The van der Waals surface area contributed by atoms with Crippen molar-refractivity contribution < 1.29 is 24.2 Å². The number of carbonyl (C=O) groups excluding carboxylic acids is 2. The fourth-order valence-electron chi connectivity index (χ4n) is 3.46. The third kappa shape index (κ3) is 4.43. The first kappa shape index (κ1) is 17.7. The number of amides is 2. The number of nitrogens with zero attached hydrogens (tertiary/aromatic N) is 1. The van der Waals surface area contributed by atoms with Crippen molar-refractivity contribution in [1.29, 1.82) is 0 Å². The van der Waals surface area contributed by atoms with Gasteiger partial charge in [-0.05, 0) is 19.8 Å². The monoisotopic (exact) mass is 326 g/mol. The minimum Gasteiger partial charge on any atom is -0.480 e. The second kappa shape index (κ2) is 7.77. The summed E-state index contributed by atoms with van der Waals surface area (Å²) in [5.41, 5.74) is 0. The number of hydrogen-bond donors (Lipinski definition) is 2. The molecule has 0 bridgehead atoms. The lowest BCUT2D eigenvalue weighted by Crippen LogP contribution is -2.44. The van der Waals surface area contributed by atoms with Gasteiger partial charge in [-0.15, -0.1) is 0 Å². The van der Waals surface area contributed by atoms with E-state index in [4.69, 9.17) is 4.74 Å². The smallest absolute Gasteiger partial charge is 0.326 e. The van der Waals surface area contributed by atoms with Crippen molar-refractivity contribution in [3.63, 3.8) is 0 Å². The van der Waals surface area contributed by atoms with E-state index < -0.39 is 12.0 Å². The minimum atomic E-state index is -1.01. The Kier molecular flexibility index (Phi) is 5.98. The average molecular weight is 326 g/mol. The minimum absolute atomic E-state index is 0.00812. The number of carbonyl (C=O) groups is 3. The number of nitrogens with one attached hydrogen (secondary N) is 1. The van der Waals surface area contributed by atoms with E-state index in [1.807, 2.05) is 0 Å². The highest BCUT2D eigenvalue weighted by Crippen LogP contribution is 2.25. The highest BCUT2D eigenvalue weighted by atomic mass is 16.5. The van der Waals surface area contributed by atoms with Crippen LogP contribution < -0.4 is 5.32 Å². The summed E-state index contributed by atoms with van der Waals surface area (Å²) in [6.07, 6.45) is 4.16. The fraction of sp³-hybridized carbons (Fsp3) is 0.812. The molecule has 2 amide bonds. The molecule has 3 unspecified atom stereocenters. The molecule has 1 aliphatic heterocycles. The number of ether oxygens (including phenoxy) is 1. The molecule has 0 radical (unpaired) electrons. The first-order valence-electron chi connectivity index (χ1n) is 8.27. The molecule has 1 saturated carbocycles. The van der Waals surface area contributed by atoms with E-state index in [2.05, 4.69) is 5.32 Å². The third-order valence-electron chi connectivity index (χ3n) is 4.80. The molecule has 23 heavy (non-hydrogen) atoms. The van der Waals surface area contributed by atoms with Gasteiger partial charge in [-0.3, -0.25) is 9.59 Å². The molecular formula is C16H26N2O5. The molecule has 1 saturated heterocycles. The highest BCUT2D eigenvalue weighted by Gasteiger charge is 2.40. The van der Waals surface area contributed by atoms with Crippen LogP contribution in [0.1, 0.15) is 45.4 Å². The van der Waals surface area contributed by atoms with Gasteiger partial charge in [0.25, 0.3) is 0 Å². The van der Waals surface area contributed by atoms with Crippen LogP contribution in [0.3, 0.4) is 0 Å². The molecule has 2 fully saturated rings. The van der Waals surface area contributed by atoms with Gasteiger partial charge in [-0.25, -0.2) is 4.79 Å². The number of likely N-dealkylation sites (tertiary alicyclic amines) is 1. The van der Waals surface area contributed by atoms with E-state index in [9.17, 15) is 19.5 Å². The van der Waals surface area contributed by atoms with Crippen molar-refractivity contribution in [3.8, 4) is 0 Å². The maximum atomic E-state index is 12.4. The van der Waals surface area contributed by atoms with E-state index in [0.717, 1.165) is 25.7 Å². The van der Waals surface area contributed by atoms with E-state index in [1.54, 1.807) is 6.92 Å². The van der Waals surface area contributed by atoms with Crippen LogP contribution in [-0.2, 0) is 19.1 Å². The Morgan fingerprint density at radius 2 is 1.96 bits per heavy atom. The maximum absolute atomic E-state index is 12.4. The standard InChI is InChI=1S/C16H26N2O5/c1-10(17-15(20)11-5-3-4-6-11)7-14(19)18-9-12(23-2)8-13(18)16(21)22/h10-13H,3-9H2,1-2H3,(H,17,20)(H,21,22). The Morgan fingerprint density at radius 1 is 1.30 bits per heavy atom. The van der Waals surface area contributed by atoms with Gasteiger partial charge < -0.3 is 20.1 Å². The van der Waals surface area contributed by atoms with Crippen molar-refractivity contribution in [1.82, 2.24) is 10.2 Å². The molecule has 2 aliphatic rings. The van der Waals surface area contributed by atoms with Gasteiger partial charge in [0.1, 0.15) is 6.04 Å². The van der Waals surface area contributed by atoms with Crippen LogP contribution in [0.2, 0.25) is 0 Å². The Morgan fingerprint density at radius 3 is 2.52 bits per heavy atom. The molecule has 0 aromatic carbocycles. The zero-order valence-corrected chi connectivity index (χ0v) is 13.8. The Balaban J connectivity index is 1.86. The zero-order valence-electron chi connectivity index (χ0n) is 13.8. The zero-order chi connectivity index (χ0) is 17.0. The summed E-state index contributed by atoms with van der Waals surface area (Å²) in [5.74, 6) is -1.20. The largest absolute Gasteiger partial charge is 0.480 e. The van der Waals surface area contributed by atoms with E-state index in [-0.39, 0.29) is 42.8 Å². The molecule has 7 nitrogen and oxygen atoms in total. The first-order chi connectivity index (χ1) is 10.9. The molecule has 2 N–H and O–H groups in total. The van der Waals surface area contributed by atoms with Gasteiger partial charge >= 0.3 is 5.97 Å². The normalized spacial score (nSPS) is 26.3. The molecule has 3 atom stereocenters. The lowest BCUT2D eigenvalue weighted by atomic mass is 10.1. The van der Waals surface area contributed by atoms with Crippen LogP contribution in [0, 0.1) is 5.92 Å². The van der Waals surface area contributed by atoms with Crippen LogP contribution >= 0.6 is 0 Å². The van der Waals surface area contributed by atoms with Crippen LogP contribution in [0.15, 0.2) is 0 Å². The summed E-state index contributed by atoms with van der Waals surface area (Å²) in [5, 5.41) is 12.1. The van der Waals surface area contributed by atoms with Gasteiger partial charge in [0.15, 0.2) is 0 Å². The summed E-state index contributed by atoms with van der Waals surface area (Å²) < 4.78 is 5.18. The highest BCUT2D eigenvalue weighted by molar-refractivity contribution is 5.85. The lowest BCUT2D eigenvalue weighted by Gasteiger charge is -2.24. The molecule has 130 valence electrons. The summed E-state index contributed by atoms with van der Waals surface area (Å²) in [6.45, 7) is 2.07. The van der Waals surface area contributed by atoms with E-state index in [1.165, 1.54) is 12.0 Å². The Labute approximate surface area is 136 Å². The summed E-state index contributed by atoms with van der Waals surface area (Å²) >= 11 is 0. The van der Waals surface area contributed by atoms with Crippen molar-refractivity contribution in [2.45, 2.75) is 63.6 Å². The quantitative estimate of drug-likeness (QED) is 0.752. The first-order valence-corrected chi connectivity index (χ1v) is 8.27. The number of carboxylic acid groups (broad SMARTS) is 1. The van der Waals surface area contributed by atoms with Crippen LogP contribution in [-0.4, -0.2) is 59.6 Å². The molecule has 0 spiro atoms. The molecule has 1 heterocycles. The van der Waals surface area contributed by atoms with E-state index >= 15 is 0 Å². The number of carboxylic acids is 1. The molecule has 1 aliphatic carbocycles. The number of methoxy groups -OCH3 is 1. The third-order valence-corrected chi connectivity index (χ3v) is 4.80. The van der Waals surface area contributed by atoms with Gasteiger partial charge in [0.2, 0.25) is 11.8 Å². The summed E-state index contributed by atoms with van der Waals surface area (Å²) in [6, 6.07) is -1.14. The Bertz CT molecular complexity index is 461. The Hall–Kier alpha value is -1.63. The number of aliphatic carboxylic acids is 1. The summed E-state index contributed by atoms with van der Waals surface area (Å²) in [7, 11) is 1.52. The van der Waals surface area contributed by atoms with Crippen molar-refractivity contribution in [2.24, 2.45) is 5.92 Å². The molecule has 0 aromatic rings. The summed E-state index contributed by atoms with van der Waals surface area (Å²) in [4.78, 5) is 37.1. The van der Waals surface area contributed by atoms with Crippen molar-refractivity contribution >= 4 is 17.8 Å². The average Bonchev–Trinajstić information content (AvgIpc) is 3.16. The van der Waals surface area contributed by atoms with Gasteiger partial charge in [-0.1, -0.05) is 12.8 Å². The molecule has 2 rings (SSSR count). The van der Waals surface area contributed by atoms with Crippen LogP contribution in [0.5, 0.6) is 0 Å². The van der Waals surface area contributed by atoms with E-state index in [0.29, 0.717) is 6.42 Å². The predicted octanol–water partition coefficient (Wildman–Crippen LogP) is 0.772. The molecule has 7 heteroatoms. The van der Waals surface area contributed by atoms with Crippen LogP contribution in [0.4, 0.5) is 0 Å². The number of rotatable bonds is 6. The fourth-order valence-corrected chi connectivity index (χ4v) is 3.46. The second-order valence-electron chi connectivity index (χ2n) is 6.59.